The quantitative estimate of drug-likeness (QED) is 0.836. The van der Waals surface area contributed by atoms with E-state index in [1.54, 1.807) is 6.33 Å². The minimum atomic E-state index is 0.0757. The summed E-state index contributed by atoms with van der Waals surface area (Å²) >= 11 is 0. The first-order valence-electron chi connectivity index (χ1n) is 5.52. The van der Waals surface area contributed by atoms with Crippen molar-refractivity contribution in [2.24, 2.45) is 5.73 Å². The Morgan fingerprint density at radius 3 is 2.62 bits per heavy atom. The number of para-hydroxylation sites is 1. The lowest BCUT2D eigenvalue weighted by atomic mass is 10.1. The lowest BCUT2D eigenvalue weighted by molar-refractivity contribution is 0.632. The first-order valence-corrected chi connectivity index (χ1v) is 5.52. The zero-order chi connectivity index (χ0) is 11.0. The Morgan fingerprint density at radius 2 is 2.00 bits per heavy atom. The van der Waals surface area contributed by atoms with Crippen LogP contribution in [-0.2, 0) is 5.41 Å². The Morgan fingerprint density at radius 1 is 1.25 bits per heavy atom. The van der Waals surface area contributed by atoms with E-state index in [1.807, 2.05) is 22.8 Å². The second kappa shape index (κ2) is 3.42. The molecule has 1 aromatic carbocycles. The molecule has 4 nitrogen and oxygen atoms in total. The van der Waals surface area contributed by atoms with Crippen LogP contribution in [0.15, 0.2) is 36.7 Å². The van der Waals surface area contributed by atoms with Crippen molar-refractivity contribution < 1.29 is 0 Å². The molecule has 0 spiro atoms. The Bertz CT molecular complexity index is 485. The molecule has 1 saturated carbocycles. The van der Waals surface area contributed by atoms with Gasteiger partial charge in [-0.05, 0) is 25.0 Å². The minimum absolute atomic E-state index is 0.0757. The summed E-state index contributed by atoms with van der Waals surface area (Å²) in [6.45, 7) is 0.651. The summed E-state index contributed by atoms with van der Waals surface area (Å²) in [4.78, 5) is 0. The summed E-state index contributed by atoms with van der Waals surface area (Å²) in [6.07, 6.45) is 4.00. The molecule has 1 heterocycles. The van der Waals surface area contributed by atoms with E-state index in [0.717, 1.165) is 24.4 Å². The number of rotatable bonds is 3. The van der Waals surface area contributed by atoms with Crippen LogP contribution >= 0.6 is 0 Å². The van der Waals surface area contributed by atoms with E-state index < -0.39 is 0 Å². The topological polar surface area (TPSA) is 56.7 Å². The van der Waals surface area contributed by atoms with Crippen LogP contribution < -0.4 is 5.73 Å². The zero-order valence-electron chi connectivity index (χ0n) is 9.00. The molecule has 0 saturated heterocycles. The summed E-state index contributed by atoms with van der Waals surface area (Å²) in [6, 6.07) is 10.1. The van der Waals surface area contributed by atoms with E-state index in [9.17, 15) is 0 Å². The van der Waals surface area contributed by atoms with Crippen molar-refractivity contribution in [3.05, 3.63) is 42.5 Å². The van der Waals surface area contributed by atoms with Crippen molar-refractivity contribution in [3.63, 3.8) is 0 Å². The Labute approximate surface area is 94.1 Å². The SMILES string of the molecule is NCC1(c2nncn2-c2ccccc2)CC1. The summed E-state index contributed by atoms with van der Waals surface area (Å²) < 4.78 is 2.04. The smallest absolute Gasteiger partial charge is 0.144 e. The van der Waals surface area contributed by atoms with E-state index >= 15 is 0 Å². The molecule has 1 aliphatic rings. The van der Waals surface area contributed by atoms with Gasteiger partial charge in [-0.1, -0.05) is 18.2 Å². The summed E-state index contributed by atoms with van der Waals surface area (Å²) in [5.74, 6) is 1.00. The van der Waals surface area contributed by atoms with Crippen LogP contribution in [0.5, 0.6) is 0 Å². The van der Waals surface area contributed by atoms with Gasteiger partial charge in [0.15, 0.2) is 0 Å². The Kier molecular flexibility index (Phi) is 2.04. The van der Waals surface area contributed by atoms with Gasteiger partial charge in [0.25, 0.3) is 0 Å². The molecular formula is C12H14N4. The summed E-state index contributed by atoms with van der Waals surface area (Å²) in [7, 11) is 0. The van der Waals surface area contributed by atoms with Crippen LogP contribution in [0.4, 0.5) is 0 Å². The van der Waals surface area contributed by atoms with Crippen molar-refractivity contribution in [2.45, 2.75) is 18.3 Å². The predicted molar refractivity (Wildman–Crippen MR) is 61.3 cm³/mol. The molecule has 3 rings (SSSR count). The minimum Gasteiger partial charge on any atom is -0.329 e. The van der Waals surface area contributed by atoms with E-state index in [-0.39, 0.29) is 5.41 Å². The van der Waals surface area contributed by atoms with Gasteiger partial charge in [0.2, 0.25) is 0 Å². The molecule has 0 radical (unpaired) electrons. The molecule has 0 unspecified atom stereocenters. The molecule has 2 aromatic rings. The van der Waals surface area contributed by atoms with Gasteiger partial charge in [0.1, 0.15) is 12.2 Å². The maximum absolute atomic E-state index is 5.83. The molecule has 1 aliphatic carbocycles. The fraction of sp³-hybridized carbons (Fsp3) is 0.333. The van der Waals surface area contributed by atoms with Crippen molar-refractivity contribution >= 4 is 0 Å². The van der Waals surface area contributed by atoms with Crippen molar-refractivity contribution in [1.29, 1.82) is 0 Å². The number of nitrogens with two attached hydrogens (primary N) is 1. The van der Waals surface area contributed by atoms with Crippen molar-refractivity contribution in [3.8, 4) is 5.69 Å². The summed E-state index contributed by atoms with van der Waals surface area (Å²) in [5, 5.41) is 8.24. The molecule has 0 amide bonds. The first-order chi connectivity index (χ1) is 7.86. The van der Waals surface area contributed by atoms with Crippen LogP contribution in [0.25, 0.3) is 5.69 Å². The average Bonchev–Trinajstić information content (AvgIpc) is 2.99. The third kappa shape index (κ3) is 1.34. The molecule has 0 bridgehead atoms. The van der Waals surface area contributed by atoms with Gasteiger partial charge >= 0.3 is 0 Å². The van der Waals surface area contributed by atoms with Crippen LogP contribution in [0.1, 0.15) is 18.7 Å². The highest BCUT2D eigenvalue weighted by Gasteiger charge is 2.47. The monoisotopic (exact) mass is 214 g/mol. The Hall–Kier alpha value is -1.68. The molecule has 4 heteroatoms. The zero-order valence-corrected chi connectivity index (χ0v) is 9.00. The van der Waals surface area contributed by atoms with Crippen LogP contribution in [0, 0.1) is 0 Å². The second-order valence-electron chi connectivity index (χ2n) is 4.34. The van der Waals surface area contributed by atoms with Gasteiger partial charge in [-0.15, -0.1) is 10.2 Å². The third-order valence-corrected chi connectivity index (χ3v) is 3.30. The maximum Gasteiger partial charge on any atom is 0.144 e. The molecule has 1 aromatic heterocycles. The fourth-order valence-corrected chi connectivity index (χ4v) is 2.04. The van der Waals surface area contributed by atoms with Crippen LogP contribution in [0.3, 0.4) is 0 Å². The third-order valence-electron chi connectivity index (χ3n) is 3.30. The molecule has 2 N–H and O–H groups in total. The van der Waals surface area contributed by atoms with Gasteiger partial charge in [0, 0.05) is 17.6 Å². The van der Waals surface area contributed by atoms with E-state index in [1.165, 1.54) is 0 Å². The molecule has 1 fully saturated rings. The molecule has 0 aliphatic heterocycles. The average molecular weight is 214 g/mol. The highest BCUT2D eigenvalue weighted by molar-refractivity contribution is 5.35. The van der Waals surface area contributed by atoms with Crippen LogP contribution in [0.2, 0.25) is 0 Å². The summed E-state index contributed by atoms with van der Waals surface area (Å²) in [5.41, 5.74) is 7.00. The number of benzene rings is 1. The highest BCUT2D eigenvalue weighted by Crippen LogP contribution is 2.46. The molecular weight excluding hydrogens is 200 g/mol. The maximum atomic E-state index is 5.83. The molecule has 0 atom stereocenters. The second-order valence-corrected chi connectivity index (χ2v) is 4.34. The van der Waals surface area contributed by atoms with E-state index in [4.69, 9.17) is 5.73 Å². The lowest BCUT2D eigenvalue weighted by Gasteiger charge is -2.13. The van der Waals surface area contributed by atoms with Gasteiger partial charge < -0.3 is 5.73 Å². The molecule has 16 heavy (non-hydrogen) atoms. The van der Waals surface area contributed by atoms with E-state index in [0.29, 0.717) is 6.54 Å². The highest BCUT2D eigenvalue weighted by atomic mass is 15.3. The van der Waals surface area contributed by atoms with Gasteiger partial charge in [-0.3, -0.25) is 4.57 Å². The normalized spacial score (nSPS) is 17.3. The van der Waals surface area contributed by atoms with Gasteiger partial charge in [-0.2, -0.15) is 0 Å². The lowest BCUT2D eigenvalue weighted by Crippen LogP contribution is -2.23. The number of hydrogen-bond acceptors (Lipinski definition) is 3. The number of aromatic nitrogens is 3. The largest absolute Gasteiger partial charge is 0.329 e. The fourth-order valence-electron chi connectivity index (χ4n) is 2.04. The Balaban J connectivity index is 2.07. The number of hydrogen-bond donors (Lipinski definition) is 1. The van der Waals surface area contributed by atoms with Gasteiger partial charge in [0.05, 0.1) is 0 Å². The van der Waals surface area contributed by atoms with Gasteiger partial charge in [-0.25, -0.2) is 0 Å². The number of nitrogens with zero attached hydrogens (tertiary/aromatic N) is 3. The molecule has 82 valence electrons. The van der Waals surface area contributed by atoms with Crippen molar-refractivity contribution in [1.82, 2.24) is 14.8 Å². The van der Waals surface area contributed by atoms with Crippen LogP contribution in [-0.4, -0.2) is 21.3 Å². The first kappa shape index (κ1) is 9.54. The van der Waals surface area contributed by atoms with E-state index in [2.05, 4.69) is 22.3 Å². The van der Waals surface area contributed by atoms with Crippen molar-refractivity contribution in [2.75, 3.05) is 6.54 Å². The predicted octanol–water partition coefficient (Wildman–Crippen LogP) is 1.26. The standard InChI is InChI=1S/C12H14N4/c13-8-12(6-7-12)11-15-14-9-16(11)10-4-2-1-3-5-10/h1-5,9H,6-8,13H2.